The summed E-state index contributed by atoms with van der Waals surface area (Å²) in [6.45, 7) is 1.26. The Labute approximate surface area is 118 Å². The van der Waals surface area contributed by atoms with E-state index < -0.39 is 6.10 Å². The first-order chi connectivity index (χ1) is 9.78. The molecule has 5 nitrogen and oxygen atoms in total. The van der Waals surface area contributed by atoms with E-state index in [1.165, 1.54) is 0 Å². The summed E-state index contributed by atoms with van der Waals surface area (Å²) in [5.41, 5.74) is 0. The van der Waals surface area contributed by atoms with Crippen LogP contribution >= 0.6 is 0 Å². The standard InChI is InChI=1S/C15H19NO4/c1-18-13-4-6-14(7-5-13)20-11-12(17)9-16-10-15-3-2-8-19-15/h2-8,12,16-17H,9-11H2,1H3/t12-/m1/s1. The van der Waals surface area contributed by atoms with Crippen LogP contribution in [0.25, 0.3) is 0 Å². The van der Waals surface area contributed by atoms with Gasteiger partial charge < -0.3 is 24.3 Å². The maximum atomic E-state index is 9.80. The van der Waals surface area contributed by atoms with Gasteiger partial charge in [0, 0.05) is 6.54 Å². The molecule has 2 aromatic rings. The molecule has 108 valence electrons. The molecule has 0 unspecified atom stereocenters. The van der Waals surface area contributed by atoms with E-state index in [1.54, 1.807) is 13.4 Å². The fourth-order valence-corrected chi connectivity index (χ4v) is 1.70. The Morgan fingerprint density at radius 3 is 2.60 bits per heavy atom. The number of hydrogen-bond acceptors (Lipinski definition) is 5. The lowest BCUT2D eigenvalue weighted by Gasteiger charge is -2.13. The van der Waals surface area contributed by atoms with E-state index in [4.69, 9.17) is 13.9 Å². The molecule has 1 aromatic carbocycles. The third-order valence-electron chi connectivity index (χ3n) is 2.76. The zero-order valence-electron chi connectivity index (χ0n) is 11.4. The Kier molecular flexibility index (Phi) is 5.46. The zero-order valence-corrected chi connectivity index (χ0v) is 11.4. The van der Waals surface area contributed by atoms with Crippen molar-refractivity contribution in [1.82, 2.24) is 5.32 Å². The lowest BCUT2D eigenvalue weighted by Crippen LogP contribution is -2.31. The number of aliphatic hydroxyl groups excluding tert-OH is 1. The van der Waals surface area contributed by atoms with E-state index in [9.17, 15) is 5.11 Å². The van der Waals surface area contributed by atoms with Crippen LogP contribution in [0, 0.1) is 0 Å². The highest BCUT2D eigenvalue weighted by Gasteiger charge is 2.05. The van der Waals surface area contributed by atoms with Gasteiger partial charge in [-0.1, -0.05) is 0 Å². The zero-order chi connectivity index (χ0) is 14.2. The van der Waals surface area contributed by atoms with Crippen LogP contribution in [-0.2, 0) is 6.54 Å². The highest BCUT2D eigenvalue weighted by atomic mass is 16.5. The Balaban J connectivity index is 1.65. The van der Waals surface area contributed by atoms with Gasteiger partial charge in [-0.2, -0.15) is 0 Å². The highest BCUT2D eigenvalue weighted by molar-refractivity contribution is 5.31. The van der Waals surface area contributed by atoms with Crippen LogP contribution in [0.5, 0.6) is 11.5 Å². The van der Waals surface area contributed by atoms with Crippen LogP contribution in [0.2, 0.25) is 0 Å². The SMILES string of the molecule is COc1ccc(OC[C@H](O)CNCc2ccco2)cc1. The van der Waals surface area contributed by atoms with Crippen molar-refractivity contribution in [3.05, 3.63) is 48.4 Å². The molecule has 0 amide bonds. The first-order valence-electron chi connectivity index (χ1n) is 6.46. The second-order valence-corrected chi connectivity index (χ2v) is 4.35. The Bertz CT molecular complexity index is 481. The molecule has 5 heteroatoms. The van der Waals surface area contributed by atoms with Crippen LogP contribution in [-0.4, -0.2) is 31.5 Å². The number of aliphatic hydroxyl groups is 1. The lowest BCUT2D eigenvalue weighted by atomic mass is 10.3. The molecule has 1 heterocycles. The van der Waals surface area contributed by atoms with Crippen LogP contribution in [0.4, 0.5) is 0 Å². The summed E-state index contributed by atoms with van der Waals surface area (Å²) in [5, 5.41) is 12.9. The second kappa shape index (κ2) is 7.57. The van der Waals surface area contributed by atoms with Crippen molar-refractivity contribution in [2.75, 3.05) is 20.3 Å². The molecule has 0 aliphatic carbocycles. The van der Waals surface area contributed by atoms with Gasteiger partial charge in [0.25, 0.3) is 0 Å². The summed E-state index contributed by atoms with van der Waals surface area (Å²) in [6, 6.07) is 11.0. The van der Waals surface area contributed by atoms with Gasteiger partial charge in [0.05, 0.1) is 19.9 Å². The van der Waals surface area contributed by atoms with Crippen molar-refractivity contribution >= 4 is 0 Å². The Morgan fingerprint density at radius 2 is 1.95 bits per heavy atom. The van der Waals surface area contributed by atoms with Crippen LogP contribution in [0.1, 0.15) is 5.76 Å². The van der Waals surface area contributed by atoms with E-state index in [0.29, 0.717) is 18.8 Å². The largest absolute Gasteiger partial charge is 0.497 e. The second-order valence-electron chi connectivity index (χ2n) is 4.35. The number of benzene rings is 1. The van der Waals surface area contributed by atoms with E-state index >= 15 is 0 Å². The number of methoxy groups -OCH3 is 1. The minimum absolute atomic E-state index is 0.234. The van der Waals surface area contributed by atoms with E-state index in [1.807, 2.05) is 36.4 Å². The summed E-state index contributed by atoms with van der Waals surface area (Å²) in [5.74, 6) is 2.32. The van der Waals surface area contributed by atoms with Crippen LogP contribution < -0.4 is 14.8 Å². The third-order valence-corrected chi connectivity index (χ3v) is 2.76. The quantitative estimate of drug-likeness (QED) is 0.770. The Hall–Kier alpha value is -1.98. The van der Waals surface area contributed by atoms with Crippen molar-refractivity contribution in [1.29, 1.82) is 0 Å². The summed E-state index contributed by atoms with van der Waals surface area (Å²) in [6.07, 6.45) is 1.05. The van der Waals surface area contributed by atoms with Gasteiger partial charge in [-0.3, -0.25) is 0 Å². The molecule has 0 saturated carbocycles. The minimum Gasteiger partial charge on any atom is -0.497 e. The molecular formula is C15H19NO4. The molecule has 0 radical (unpaired) electrons. The van der Waals surface area contributed by atoms with Crippen molar-refractivity contribution in [3.8, 4) is 11.5 Å². The van der Waals surface area contributed by atoms with Crippen molar-refractivity contribution in [3.63, 3.8) is 0 Å². The van der Waals surface area contributed by atoms with Crippen LogP contribution in [0.15, 0.2) is 47.1 Å². The topological polar surface area (TPSA) is 63.9 Å². The first kappa shape index (κ1) is 14.4. The fraction of sp³-hybridized carbons (Fsp3) is 0.333. The van der Waals surface area contributed by atoms with Gasteiger partial charge in [-0.25, -0.2) is 0 Å². The summed E-state index contributed by atoms with van der Waals surface area (Å²) < 4.78 is 15.7. The molecule has 0 aliphatic rings. The highest BCUT2D eigenvalue weighted by Crippen LogP contribution is 2.16. The number of furan rings is 1. The maximum absolute atomic E-state index is 9.80. The monoisotopic (exact) mass is 277 g/mol. The Morgan fingerprint density at radius 1 is 1.20 bits per heavy atom. The van der Waals surface area contributed by atoms with Gasteiger partial charge in [-0.05, 0) is 36.4 Å². The molecule has 0 saturated heterocycles. The average molecular weight is 277 g/mol. The van der Waals surface area contributed by atoms with Gasteiger partial charge in [-0.15, -0.1) is 0 Å². The van der Waals surface area contributed by atoms with E-state index in [-0.39, 0.29) is 6.61 Å². The summed E-state index contributed by atoms with van der Waals surface area (Å²) in [4.78, 5) is 0. The molecule has 1 atom stereocenters. The van der Waals surface area contributed by atoms with Gasteiger partial charge in [0.1, 0.15) is 30.0 Å². The van der Waals surface area contributed by atoms with Crippen molar-refractivity contribution in [2.24, 2.45) is 0 Å². The molecule has 0 bridgehead atoms. The van der Waals surface area contributed by atoms with Gasteiger partial charge in [0.2, 0.25) is 0 Å². The molecule has 2 rings (SSSR count). The summed E-state index contributed by atoms with van der Waals surface area (Å²) in [7, 11) is 1.62. The molecular weight excluding hydrogens is 258 g/mol. The molecule has 2 N–H and O–H groups in total. The molecule has 20 heavy (non-hydrogen) atoms. The number of ether oxygens (including phenoxy) is 2. The predicted molar refractivity (Wildman–Crippen MR) is 74.9 cm³/mol. The molecule has 1 aromatic heterocycles. The van der Waals surface area contributed by atoms with Crippen molar-refractivity contribution < 1.29 is 19.0 Å². The lowest BCUT2D eigenvalue weighted by molar-refractivity contribution is 0.105. The van der Waals surface area contributed by atoms with E-state index in [2.05, 4.69) is 5.32 Å². The van der Waals surface area contributed by atoms with Gasteiger partial charge >= 0.3 is 0 Å². The van der Waals surface area contributed by atoms with E-state index in [0.717, 1.165) is 11.5 Å². The fourth-order valence-electron chi connectivity index (χ4n) is 1.70. The first-order valence-corrected chi connectivity index (χ1v) is 6.46. The summed E-state index contributed by atoms with van der Waals surface area (Å²) >= 11 is 0. The van der Waals surface area contributed by atoms with Crippen LogP contribution in [0.3, 0.4) is 0 Å². The average Bonchev–Trinajstić information content (AvgIpc) is 2.99. The third kappa shape index (κ3) is 4.60. The molecule has 0 aliphatic heterocycles. The maximum Gasteiger partial charge on any atom is 0.119 e. The number of nitrogens with one attached hydrogen (secondary N) is 1. The molecule has 0 spiro atoms. The minimum atomic E-state index is -0.577. The smallest absolute Gasteiger partial charge is 0.119 e. The predicted octanol–water partition coefficient (Wildman–Crippen LogP) is 1.82. The molecule has 0 fully saturated rings. The van der Waals surface area contributed by atoms with Crippen molar-refractivity contribution in [2.45, 2.75) is 12.6 Å². The van der Waals surface area contributed by atoms with Gasteiger partial charge in [0.15, 0.2) is 0 Å². The normalized spacial score (nSPS) is 12.1. The number of rotatable bonds is 8. The number of hydrogen-bond donors (Lipinski definition) is 2.